The van der Waals surface area contributed by atoms with Gasteiger partial charge in [0.25, 0.3) is 0 Å². The summed E-state index contributed by atoms with van der Waals surface area (Å²) in [6, 6.07) is 5.72. The molecule has 1 N–H and O–H groups in total. The monoisotopic (exact) mass is 250 g/mol. The van der Waals surface area contributed by atoms with Crippen LogP contribution in [-0.2, 0) is 4.79 Å². The van der Waals surface area contributed by atoms with Gasteiger partial charge >= 0.3 is 5.97 Å². The normalized spacial score (nSPS) is 22.8. The first-order chi connectivity index (χ1) is 8.65. The molecule has 1 aliphatic carbocycles. The van der Waals surface area contributed by atoms with Crippen molar-refractivity contribution in [2.24, 2.45) is 5.92 Å². The van der Waals surface area contributed by atoms with Gasteiger partial charge in [-0.15, -0.1) is 0 Å². The summed E-state index contributed by atoms with van der Waals surface area (Å²) in [6.07, 6.45) is 2.34. The first-order valence-corrected chi connectivity index (χ1v) is 6.10. The van der Waals surface area contributed by atoms with Gasteiger partial charge in [0, 0.05) is 6.07 Å². The molecule has 1 saturated carbocycles. The lowest BCUT2D eigenvalue weighted by molar-refractivity contribution is -0.141. The minimum Gasteiger partial charge on any atom is -0.497 e. The maximum absolute atomic E-state index is 11.0. The van der Waals surface area contributed by atoms with E-state index >= 15 is 0 Å². The number of ether oxygens (including phenoxy) is 2. The minimum absolute atomic E-state index is 0.221. The number of rotatable bonds is 4. The molecule has 0 saturated heterocycles. The smallest absolute Gasteiger partial charge is 0.306 e. The van der Waals surface area contributed by atoms with E-state index in [9.17, 15) is 4.79 Å². The van der Waals surface area contributed by atoms with Crippen LogP contribution in [0.1, 0.15) is 30.7 Å². The number of carboxylic acids is 1. The average molecular weight is 250 g/mol. The molecule has 2 atom stereocenters. The predicted octanol–water partition coefficient (Wildman–Crippen LogP) is 2.67. The number of benzene rings is 1. The van der Waals surface area contributed by atoms with Crippen molar-refractivity contribution in [1.82, 2.24) is 0 Å². The molecule has 0 aromatic heterocycles. The van der Waals surface area contributed by atoms with E-state index in [1.807, 2.05) is 18.2 Å². The van der Waals surface area contributed by atoms with Gasteiger partial charge in [-0.2, -0.15) is 0 Å². The van der Waals surface area contributed by atoms with E-state index in [2.05, 4.69) is 0 Å². The second kappa shape index (κ2) is 5.29. The van der Waals surface area contributed by atoms with Crippen LogP contribution in [-0.4, -0.2) is 25.3 Å². The van der Waals surface area contributed by atoms with Gasteiger partial charge in [0.05, 0.1) is 20.1 Å². The summed E-state index contributed by atoms with van der Waals surface area (Å²) in [5.41, 5.74) is 1.09. The standard InChI is InChI=1S/C14H18O4/c1-17-11-5-6-12(13(8-11)18-2)9-3-4-10(7-9)14(15)16/h5-6,8-10H,3-4,7H2,1-2H3,(H,15,16). The molecule has 1 aromatic carbocycles. The molecular weight excluding hydrogens is 232 g/mol. The van der Waals surface area contributed by atoms with Crippen molar-refractivity contribution in [3.8, 4) is 11.5 Å². The fourth-order valence-electron chi connectivity index (χ4n) is 2.64. The molecule has 18 heavy (non-hydrogen) atoms. The van der Waals surface area contributed by atoms with E-state index < -0.39 is 5.97 Å². The lowest BCUT2D eigenvalue weighted by Crippen LogP contribution is -2.09. The first kappa shape index (κ1) is 12.7. The van der Waals surface area contributed by atoms with E-state index in [1.165, 1.54) is 0 Å². The number of aliphatic carboxylic acids is 1. The molecule has 4 heteroatoms. The van der Waals surface area contributed by atoms with Gasteiger partial charge in [-0.25, -0.2) is 0 Å². The zero-order valence-corrected chi connectivity index (χ0v) is 10.7. The van der Waals surface area contributed by atoms with Crippen molar-refractivity contribution in [1.29, 1.82) is 0 Å². The van der Waals surface area contributed by atoms with Gasteiger partial charge in [-0.3, -0.25) is 4.79 Å². The highest BCUT2D eigenvalue weighted by molar-refractivity contribution is 5.70. The van der Waals surface area contributed by atoms with E-state index in [1.54, 1.807) is 14.2 Å². The number of carbonyl (C=O) groups is 1. The van der Waals surface area contributed by atoms with Crippen LogP contribution in [0.15, 0.2) is 18.2 Å². The number of hydrogen-bond donors (Lipinski definition) is 1. The zero-order valence-electron chi connectivity index (χ0n) is 10.7. The fourth-order valence-corrected chi connectivity index (χ4v) is 2.64. The minimum atomic E-state index is -0.690. The summed E-state index contributed by atoms with van der Waals surface area (Å²) in [4.78, 5) is 11.0. The predicted molar refractivity (Wildman–Crippen MR) is 67.3 cm³/mol. The number of carboxylic acid groups (broad SMARTS) is 1. The van der Waals surface area contributed by atoms with Crippen LogP contribution >= 0.6 is 0 Å². The van der Waals surface area contributed by atoms with Crippen molar-refractivity contribution in [2.45, 2.75) is 25.2 Å². The average Bonchev–Trinajstić information content (AvgIpc) is 2.87. The molecular formula is C14H18O4. The fraction of sp³-hybridized carbons (Fsp3) is 0.500. The Morgan fingerprint density at radius 1 is 1.28 bits per heavy atom. The Morgan fingerprint density at radius 2 is 2.06 bits per heavy atom. The maximum atomic E-state index is 11.0. The highest BCUT2D eigenvalue weighted by Crippen LogP contribution is 2.42. The largest absolute Gasteiger partial charge is 0.497 e. The molecule has 1 aliphatic rings. The van der Waals surface area contributed by atoms with Crippen LogP contribution < -0.4 is 9.47 Å². The second-order valence-corrected chi connectivity index (χ2v) is 4.65. The zero-order chi connectivity index (χ0) is 13.1. The third-order valence-corrected chi connectivity index (χ3v) is 3.66. The molecule has 98 valence electrons. The van der Waals surface area contributed by atoms with Gasteiger partial charge in [-0.05, 0) is 36.8 Å². The summed E-state index contributed by atoms with van der Waals surface area (Å²) >= 11 is 0. The quantitative estimate of drug-likeness (QED) is 0.892. The van der Waals surface area contributed by atoms with E-state index in [-0.39, 0.29) is 11.8 Å². The molecule has 4 nitrogen and oxygen atoms in total. The van der Waals surface area contributed by atoms with Crippen LogP contribution in [0, 0.1) is 5.92 Å². The summed E-state index contributed by atoms with van der Waals surface area (Å²) in [6.45, 7) is 0. The van der Waals surface area contributed by atoms with Crippen molar-refractivity contribution < 1.29 is 19.4 Å². The topological polar surface area (TPSA) is 55.8 Å². The van der Waals surface area contributed by atoms with E-state index in [0.717, 1.165) is 29.9 Å². The van der Waals surface area contributed by atoms with Crippen molar-refractivity contribution >= 4 is 5.97 Å². The van der Waals surface area contributed by atoms with Crippen LogP contribution in [0.25, 0.3) is 0 Å². The molecule has 0 spiro atoms. The maximum Gasteiger partial charge on any atom is 0.306 e. The third kappa shape index (κ3) is 2.42. The Morgan fingerprint density at radius 3 is 2.61 bits per heavy atom. The molecule has 2 rings (SSSR count). The third-order valence-electron chi connectivity index (χ3n) is 3.66. The van der Waals surface area contributed by atoms with E-state index in [0.29, 0.717) is 6.42 Å². The Bertz CT molecular complexity index is 441. The van der Waals surface area contributed by atoms with Crippen molar-refractivity contribution in [3.05, 3.63) is 23.8 Å². The molecule has 0 heterocycles. The Balaban J connectivity index is 2.21. The van der Waals surface area contributed by atoms with Crippen LogP contribution in [0.5, 0.6) is 11.5 Å². The van der Waals surface area contributed by atoms with E-state index in [4.69, 9.17) is 14.6 Å². The van der Waals surface area contributed by atoms with Gasteiger partial charge in [0.1, 0.15) is 11.5 Å². The molecule has 0 aliphatic heterocycles. The number of methoxy groups -OCH3 is 2. The Labute approximate surface area is 107 Å². The first-order valence-electron chi connectivity index (χ1n) is 6.10. The molecule has 1 aromatic rings. The summed E-state index contributed by atoms with van der Waals surface area (Å²) < 4.78 is 10.5. The highest BCUT2D eigenvalue weighted by atomic mass is 16.5. The summed E-state index contributed by atoms with van der Waals surface area (Å²) in [7, 11) is 3.24. The van der Waals surface area contributed by atoms with Gasteiger partial charge in [0.15, 0.2) is 0 Å². The van der Waals surface area contributed by atoms with Crippen LogP contribution in [0.4, 0.5) is 0 Å². The lowest BCUT2D eigenvalue weighted by Gasteiger charge is -2.15. The summed E-state index contributed by atoms with van der Waals surface area (Å²) in [5.74, 6) is 0.896. The molecule has 0 radical (unpaired) electrons. The SMILES string of the molecule is COc1ccc(C2CCC(C(=O)O)C2)c(OC)c1. The molecule has 1 fully saturated rings. The van der Waals surface area contributed by atoms with Crippen molar-refractivity contribution in [2.75, 3.05) is 14.2 Å². The van der Waals surface area contributed by atoms with Crippen molar-refractivity contribution in [3.63, 3.8) is 0 Å². The molecule has 2 unspecified atom stereocenters. The molecule has 0 bridgehead atoms. The highest BCUT2D eigenvalue weighted by Gasteiger charge is 2.32. The van der Waals surface area contributed by atoms with Gasteiger partial charge < -0.3 is 14.6 Å². The van der Waals surface area contributed by atoms with Gasteiger partial charge in [-0.1, -0.05) is 6.07 Å². The van der Waals surface area contributed by atoms with Gasteiger partial charge in [0.2, 0.25) is 0 Å². The lowest BCUT2D eigenvalue weighted by atomic mass is 9.95. The van der Waals surface area contributed by atoms with Crippen LogP contribution in [0.2, 0.25) is 0 Å². The summed E-state index contributed by atoms with van der Waals surface area (Å²) in [5, 5.41) is 9.04. The Kier molecular flexibility index (Phi) is 3.75. The van der Waals surface area contributed by atoms with Crippen LogP contribution in [0.3, 0.4) is 0 Å². The second-order valence-electron chi connectivity index (χ2n) is 4.65. The number of hydrogen-bond acceptors (Lipinski definition) is 3. The Hall–Kier alpha value is -1.71. The molecule has 0 amide bonds.